The van der Waals surface area contributed by atoms with Gasteiger partial charge in [0.2, 0.25) is 0 Å². The molecule has 0 unspecified atom stereocenters. The van der Waals surface area contributed by atoms with Gasteiger partial charge in [0.05, 0.1) is 7.11 Å². The normalized spacial score (nSPS) is 16.2. The molecule has 0 spiro atoms. The lowest BCUT2D eigenvalue weighted by atomic mass is 10.0. The molecule has 5 nitrogen and oxygen atoms in total. The van der Waals surface area contributed by atoms with Crippen LogP contribution in [-0.4, -0.2) is 62.1 Å². The van der Waals surface area contributed by atoms with Crippen molar-refractivity contribution >= 4 is 12.0 Å². The minimum absolute atomic E-state index is 0.00883. The summed E-state index contributed by atoms with van der Waals surface area (Å²) in [5.74, 6) is 1.25. The van der Waals surface area contributed by atoms with Crippen molar-refractivity contribution in [1.29, 1.82) is 0 Å². The molecule has 1 aromatic rings. The average Bonchev–Trinajstić information content (AvgIpc) is 2.66. The SMILES string of the molecule is C/C=C/c1ccc(OCC(=O)N(C)C2CCN(CC)CC2)c(OC)c1. The van der Waals surface area contributed by atoms with Crippen LogP contribution in [0.4, 0.5) is 0 Å². The summed E-state index contributed by atoms with van der Waals surface area (Å²) in [5.41, 5.74) is 1.04. The number of hydrogen-bond donors (Lipinski definition) is 0. The van der Waals surface area contributed by atoms with Gasteiger partial charge in [-0.05, 0) is 44.0 Å². The van der Waals surface area contributed by atoms with Crippen molar-refractivity contribution in [3.8, 4) is 11.5 Å². The fraction of sp³-hybridized carbons (Fsp3) is 0.550. The molecule has 1 fully saturated rings. The Morgan fingerprint density at radius 2 is 2.04 bits per heavy atom. The van der Waals surface area contributed by atoms with Crippen LogP contribution < -0.4 is 9.47 Å². The van der Waals surface area contributed by atoms with E-state index >= 15 is 0 Å². The van der Waals surface area contributed by atoms with Crippen LogP contribution in [0.5, 0.6) is 11.5 Å². The van der Waals surface area contributed by atoms with Gasteiger partial charge in [-0.3, -0.25) is 4.79 Å². The summed E-state index contributed by atoms with van der Waals surface area (Å²) in [6, 6.07) is 6.01. The highest BCUT2D eigenvalue weighted by Crippen LogP contribution is 2.28. The van der Waals surface area contributed by atoms with E-state index in [-0.39, 0.29) is 12.5 Å². The molecule has 1 aromatic carbocycles. The second-order valence-electron chi connectivity index (χ2n) is 6.37. The van der Waals surface area contributed by atoms with Gasteiger partial charge in [-0.2, -0.15) is 0 Å². The first kappa shape index (κ1) is 19.3. The first-order chi connectivity index (χ1) is 12.1. The molecular formula is C20H30N2O3. The first-order valence-corrected chi connectivity index (χ1v) is 9.00. The zero-order chi connectivity index (χ0) is 18.2. The average molecular weight is 346 g/mol. The monoisotopic (exact) mass is 346 g/mol. The van der Waals surface area contributed by atoms with Gasteiger partial charge in [-0.1, -0.05) is 25.1 Å². The summed E-state index contributed by atoms with van der Waals surface area (Å²) in [5, 5.41) is 0. The molecule has 0 aromatic heterocycles. The second-order valence-corrected chi connectivity index (χ2v) is 6.37. The van der Waals surface area contributed by atoms with Crippen LogP contribution >= 0.6 is 0 Å². The lowest BCUT2D eigenvalue weighted by Gasteiger charge is -2.36. The zero-order valence-electron chi connectivity index (χ0n) is 15.8. The van der Waals surface area contributed by atoms with Crippen LogP contribution in [0, 0.1) is 0 Å². The summed E-state index contributed by atoms with van der Waals surface area (Å²) in [7, 11) is 3.49. The van der Waals surface area contributed by atoms with Crippen LogP contribution in [0.25, 0.3) is 6.08 Å². The number of hydrogen-bond acceptors (Lipinski definition) is 4. The standard InChI is InChI=1S/C20H30N2O3/c1-5-7-16-8-9-18(19(14-16)24-4)25-15-20(23)21(3)17-10-12-22(6-2)13-11-17/h5,7-9,14,17H,6,10-13,15H2,1-4H3/b7-5+. The van der Waals surface area contributed by atoms with Gasteiger partial charge in [-0.15, -0.1) is 0 Å². The molecule has 0 radical (unpaired) electrons. The van der Waals surface area contributed by atoms with Gasteiger partial charge in [0, 0.05) is 26.2 Å². The zero-order valence-corrected chi connectivity index (χ0v) is 15.8. The van der Waals surface area contributed by atoms with Gasteiger partial charge < -0.3 is 19.3 Å². The van der Waals surface area contributed by atoms with Crippen LogP contribution in [-0.2, 0) is 4.79 Å². The Hall–Kier alpha value is -2.01. The van der Waals surface area contributed by atoms with Crippen molar-refractivity contribution in [3.63, 3.8) is 0 Å². The van der Waals surface area contributed by atoms with Crippen LogP contribution in [0.15, 0.2) is 24.3 Å². The van der Waals surface area contributed by atoms with E-state index in [4.69, 9.17) is 9.47 Å². The third-order valence-electron chi connectivity index (χ3n) is 4.84. The number of nitrogens with zero attached hydrogens (tertiary/aromatic N) is 2. The maximum Gasteiger partial charge on any atom is 0.260 e. The van der Waals surface area contributed by atoms with Gasteiger partial charge >= 0.3 is 0 Å². The minimum Gasteiger partial charge on any atom is -0.493 e. The number of likely N-dealkylation sites (N-methyl/N-ethyl adjacent to an activating group) is 1. The quantitative estimate of drug-likeness (QED) is 0.761. The van der Waals surface area contributed by atoms with Gasteiger partial charge in [-0.25, -0.2) is 0 Å². The van der Waals surface area contributed by atoms with Crippen LogP contribution in [0.2, 0.25) is 0 Å². The molecule has 2 rings (SSSR count). The number of benzene rings is 1. The predicted molar refractivity (Wildman–Crippen MR) is 101 cm³/mol. The topological polar surface area (TPSA) is 42.0 Å². The molecule has 1 saturated heterocycles. The molecule has 138 valence electrons. The minimum atomic E-state index is 0.00883. The Morgan fingerprint density at radius 3 is 2.64 bits per heavy atom. The molecule has 1 amide bonds. The summed E-state index contributed by atoms with van der Waals surface area (Å²) in [6.07, 6.45) is 6.01. The molecule has 1 aliphatic rings. The summed E-state index contributed by atoms with van der Waals surface area (Å²) >= 11 is 0. The van der Waals surface area contributed by atoms with E-state index in [9.17, 15) is 4.79 Å². The van der Waals surface area contributed by atoms with E-state index < -0.39 is 0 Å². The summed E-state index contributed by atoms with van der Waals surface area (Å²) < 4.78 is 11.1. The number of carbonyl (C=O) groups excluding carboxylic acids is 1. The Bertz CT molecular complexity index is 593. The first-order valence-electron chi connectivity index (χ1n) is 9.00. The highest BCUT2D eigenvalue weighted by molar-refractivity contribution is 5.78. The number of piperidine rings is 1. The number of carbonyl (C=O) groups is 1. The predicted octanol–water partition coefficient (Wildman–Crippen LogP) is 3.05. The van der Waals surface area contributed by atoms with Crippen molar-refractivity contribution in [2.75, 3.05) is 40.4 Å². The van der Waals surface area contributed by atoms with E-state index in [1.54, 1.807) is 7.11 Å². The number of allylic oxidation sites excluding steroid dienone is 1. The Balaban J connectivity index is 1.91. The van der Waals surface area contributed by atoms with Gasteiger partial charge in [0.25, 0.3) is 5.91 Å². The molecule has 0 saturated carbocycles. The molecule has 0 aliphatic carbocycles. The van der Waals surface area contributed by atoms with Crippen molar-refractivity contribution in [2.24, 2.45) is 0 Å². The van der Waals surface area contributed by atoms with E-state index in [0.717, 1.165) is 38.0 Å². The highest BCUT2D eigenvalue weighted by atomic mass is 16.5. The smallest absolute Gasteiger partial charge is 0.260 e. The number of methoxy groups -OCH3 is 1. The third kappa shape index (κ3) is 5.23. The lowest BCUT2D eigenvalue weighted by Crippen LogP contribution is -2.46. The molecule has 1 aliphatic heterocycles. The van der Waals surface area contributed by atoms with Crippen LogP contribution in [0.3, 0.4) is 0 Å². The molecule has 0 bridgehead atoms. The van der Waals surface area contributed by atoms with Crippen molar-refractivity contribution in [3.05, 3.63) is 29.8 Å². The third-order valence-corrected chi connectivity index (χ3v) is 4.84. The molecular weight excluding hydrogens is 316 g/mol. The largest absolute Gasteiger partial charge is 0.493 e. The number of likely N-dealkylation sites (tertiary alicyclic amines) is 1. The summed E-state index contributed by atoms with van der Waals surface area (Å²) in [6.45, 7) is 7.37. The van der Waals surface area contributed by atoms with Gasteiger partial charge in [0.1, 0.15) is 0 Å². The van der Waals surface area contributed by atoms with Gasteiger partial charge in [0.15, 0.2) is 18.1 Å². The van der Waals surface area contributed by atoms with Crippen molar-refractivity contribution in [2.45, 2.75) is 32.7 Å². The van der Waals surface area contributed by atoms with Crippen LogP contribution in [0.1, 0.15) is 32.3 Å². The second kappa shape index (κ2) is 9.47. The Kier molecular flexibility index (Phi) is 7.31. The fourth-order valence-electron chi connectivity index (χ4n) is 3.17. The van der Waals surface area contributed by atoms with E-state index in [1.807, 2.05) is 49.2 Å². The molecule has 1 heterocycles. The lowest BCUT2D eigenvalue weighted by molar-refractivity contribution is -0.135. The Morgan fingerprint density at radius 1 is 1.32 bits per heavy atom. The highest BCUT2D eigenvalue weighted by Gasteiger charge is 2.25. The van der Waals surface area contributed by atoms with E-state index in [1.165, 1.54) is 0 Å². The van der Waals surface area contributed by atoms with E-state index in [0.29, 0.717) is 17.5 Å². The number of amides is 1. The van der Waals surface area contributed by atoms with Crippen molar-refractivity contribution < 1.29 is 14.3 Å². The molecule has 0 atom stereocenters. The molecule has 25 heavy (non-hydrogen) atoms. The number of ether oxygens (including phenoxy) is 2. The number of rotatable bonds is 7. The maximum atomic E-state index is 12.5. The Labute approximate surface area is 151 Å². The molecule has 5 heteroatoms. The summed E-state index contributed by atoms with van der Waals surface area (Å²) in [4.78, 5) is 16.7. The molecule has 0 N–H and O–H groups in total. The maximum absolute atomic E-state index is 12.5. The van der Waals surface area contributed by atoms with E-state index in [2.05, 4.69) is 11.8 Å². The fourth-order valence-corrected chi connectivity index (χ4v) is 3.17. The van der Waals surface area contributed by atoms with Crippen molar-refractivity contribution in [1.82, 2.24) is 9.80 Å².